The first-order valence-electron chi connectivity index (χ1n) is 7.11. The number of nitrogens with one attached hydrogen (secondary N) is 1. The molecule has 0 aromatic heterocycles. The van der Waals surface area contributed by atoms with Crippen molar-refractivity contribution in [2.24, 2.45) is 10.8 Å². The lowest BCUT2D eigenvalue weighted by Crippen LogP contribution is -2.33. The minimum absolute atomic E-state index is 0.335. The molecule has 0 fully saturated rings. The maximum atomic E-state index is 3.78. The highest BCUT2D eigenvalue weighted by Crippen LogP contribution is 2.44. The van der Waals surface area contributed by atoms with E-state index >= 15 is 0 Å². The Morgan fingerprint density at radius 2 is 1.89 bits per heavy atom. The second kappa shape index (κ2) is 4.70. The highest BCUT2D eigenvalue weighted by Gasteiger charge is 2.38. The van der Waals surface area contributed by atoms with Gasteiger partial charge in [-0.15, -0.1) is 0 Å². The first kappa shape index (κ1) is 13.6. The fraction of sp³-hybridized carbons (Fsp3) is 0.647. The molecule has 0 radical (unpaired) electrons. The number of fused-ring (bicyclic) bond motifs is 1. The van der Waals surface area contributed by atoms with Gasteiger partial charge in [-0.05, 0) is 41.3 Å². The third-order valence-corrected chi connectivity index (χ3v) is 4.02. The molecule has 0 bridgehead atoms. The highest BCUT2D eigenvalue weighted by atomic mass is 14.9. The Morgan fingerprint density at radius 3 is 2.56 bits per heavy atom. The fourth-order valence-electron chi connectivity index (χ4n) is 2.97. The monoisotopic (exact) mass is 245 g/mol. The molecule has 0 aliphatic heterocycles. The van der Waals surface area contributed by atoms with E-state index in [1.165, 1.54) is 24.0 Å². The SMILES string of the molecule is CC(C)(C)CCNC1c2ccccc2CC1(C)C. The molecule has 0 saturated heterocycles. The van der Waals surface area contributed by atoms with Crippen LogP contribution in [-0.2, 0) is 6.42 Å². The second-order valence-corrected chi connectivity index (χ2v) is 7.56. The fourth-order valence-corrected chi connectivity index (χ4v) is 2.97. The standard InChI is InChI=1S/C17H27N/c1-16(2,3)10-11-18-15-14-9-7-6-8-13(14)12-17(15,4)5/h6-9,15,18H,10-12H2,1-5H3. The number of hydrogen-bond acceptors (Lipinski definition) is 1. The van der Waals surface area contributed by atoms with Crippen LogP contribution >= 0.6 is 0 Å². The van der Waals surface area contributed by atoms with Crippen LogP contribution < -0.4 is 5.32 Å². The van der Waals surface area contributed by atoms with Gasteiger partial charge >= 0.3 is 0 Å². The molecule has 1 atom stereocenters. The molecule has 0 amide bonds. The maximum absolute atomic E-state index is 3.78. The molecule has 1 heteroatoms. The Morgan fingerprint density at radius 1 is 1.22 bits per heavy atom. The lowest BCUT2D eigenvalue weighted by molar-refractivity contribution is 0.254. The van der Waals surface area contributed by atoms with Crippen LogP contribution in [0.4, 0.5) is 0 Å². The van der Waals surface area contributed by atoms with E-state index in [1.807, 2.05) is 0 Å². The zero-order chi connectivity index (χ0) is 13.4. The van der Waals surface area contributed by atoms with Crippen LogP contribution in [0, 0.1) is 10.8 Å². The van der Waals surface area contributed by atoms with Crippen LogP contribution in [-0.4, -0.2) is 6.54 Å². The predicted octanol–water partition coefficient (Wildman–Crippen LogP) is 4.34. The molecular weight excluding hydrogens is 218 g/mol. The average Bonchev–Trinajstić information content (AvgIpc) is 2.48. The van der Waals surface area contributed by atoms with Gasteiger partial charge in [0.2, 0.25) is 0 Å². The van der Waals surface area contributed by atoms with Gasteiger partial charge in [0.1, 0.15) is 0 Å². The molecule has 0 heterocycles. The van der Waals surface area contributed by atoms with Crippen LogP contribution in [0.2, 0.25) is 0 Å². The average molecular weight is 245 g/mol. The van der Waals surface area contributed by atoms with Crippen LogP contribution in [0.15, 0.2) is 24.3 Å². The summed E-state index contributed by atoms with van der Waals surface area (Å²) in [5.41, 5.74) is 3.78. The van der Waals surface area contributed by atoms with Gasteiger partial charge in [0.25, 0.3) is 0 Å². The van der Waals surface area contributed by atoms with Crippen LogP contribution in [0.5, 0.6) is 0 Å². The topological polar surface area (TPSA) is 12.0 Å². The van der Waals surface area contributed by atoms with Gasteiger partial charge in [0.15, 0.2) is 0 Å². The van der Waals surface area contributed by atoms with E-state index < -0.39 is 0 Å². The molecule has 2 rings (SSSR count). The summed E-state index contributed by atoms with van der Waals surface area (Å²) in [6, 6.07) is 9.41. The number of rotatable bonds is 3. The Kier molecular flexibility index (Phi) is 3.55. The van der Waals surface area contributed by atoms with Gasteiger partial charge in [0.05, 0.1) is 0 Å². The van der Waals surface area contributed by atoms with Crippen molar-refractivity contribution in [3.8, 4) is 0 Å². The zero-order valence-electron chi connectivity index (χ0n) is 12.5. The molecule has 1 aromatic carbocycles. The Bertz CT molecular complexity index is 412. The molecular formula is C17H27N. The van der Waals surface area contributed by atoms with Gasteiger partial charge < -0.3 is 5.32 Å². The van der Waals surface area contributed by atoms with E-state index in [0.717, 1.165) is 6.54 Å². The summed E-state index contributed by atoms with van der Waals surface area (Å²) < 4.78 is 0. The minimum Gasteiger partial charge on any atom is -0.309 e. The van der Waals surface area contributed by atoms with Gasteiger partial charge in [-0.2, -0.15) is 0 Å². The summed E-state index contributed by atoms with van der Waals surface area (Å²) >= 11 is 0. The number of hydrogen-bond donors (Lipinski definition) is 1. The largest absolute Gasteiger partial charge is 0.309 e. The number of benzene rings is 1. The van der Waals surface area contributed by atoms with Gasteiger partial charge in [-0.3, -0.25) is 0 Å². The Balaban J connectivity index is 2.07. The smallest absolute Gasteiger partial charge is 0.0377 e. The first-order valence-corrected chi connectivity index (χ1v) is 7.11. The van der Waals surface area contributed by atoms with Crippen LogP contribution in [0.1, 0.15) is 58.2 Å². The summed E-state index contributed by atoms with van der Waals surface area (Å²) in [5, 5.41) is 3.78. The van der Waals surface area contributed by atoms with Crippen molar-refractivity contribution in [2.75, 3.05) is 6.54 Å². The van der Waals surface area contributed by atoms with Gasteiger partial charge in [-0.1, -0.05) is 58.9 Å². The minimum atomic E-state index is 0.335. The van der Waals surface area contributed by atoms with E-state index in [9.17, 15) is 0 Å². The van der Waals surface area contributed by atoms with E-state index in [2.05, 4.69) is 64.2 Å². The molecule has 1 aromatic rings. The molecule has 1 N–H and O–H groups in total. The van der Waals surface area contributed by atoms with Crippen LogP contribution in [0.25, 0.3) is 0 Å². The van der Waals surface area contributed by atoms with E-state index in [-0.39, 0.29) is 0 Å². The van der Waals surface area contributed by atoms with E-state index in [1.54, 1.807) is 0 Å². The van der Waals surface area contributed by atoms with Crippen molar-refractivity contribution in [1.82, 2.24) is 5.32 Å². The summed E-state index contributed by atoms with van der Waals surface area (Å²) in [6.45, 7) is 12.8. The maximum Gasteiger partial charge on any atom is 0.0377 e. The lowest BCUT2D eigenvalue weighted by Gasteiger charge is -2.30. The zero-order valence-corrected chi connectivity index (χ0v) is 12.5. The molecule has 1 unspecified atom stereocenters. The van der Waals surface area contributed by atoms with Crippen molar-refractivity contribution in [1.29, 1.82) is 0 Å². The third kappa shape index (κ3) is 2.95. The first-order chi connectivity index (χ1) is 8.30. The molecule has 1 nitrogen and oxygen atoms in total. The van der Waals surface area contributed by atoms with Crippen molar-refractivity contribution >= 4 is 0 Å². The van der Waals surface area contributed by atoms with Crippen molar-refractivity contribution in [2.45, 2.75) is 53.5 Å². The summed E-state index contributed by atoms with van der Waals surface area (Å²) in [4.78, 5) is 0. The molecule has 0 spiro atoms. The van der Waals surface area contributed by atoms with Crippen molar-refractivity contribution < 1.29 is 0 Å². The van der Waals surface area contributed by atoms with Crippen molar-refractivity contribution in [3.63, 3.8) is 0 Å². The van der Waals surface area contributed by atoms with Gasteiger partial charge in [0, 0.05) is 6.04 Å². The summed E-state index contributed by atoms with van der Waals surface area (Å²) in [5.74, 6) is 0. The van der Waals surface area contributed by atoms with Crippen molar-refractivity contribution in [3.05, 3.63) is 35.4 Å². The van der Waals surface area contributed by atoms with Crippen LogP contribution in [0.3, 0.4) is 0 Å². The Hall–Kier alpha value is -0.820. The quantitative estimate of drug-likeness (QED) is 0.835. The third-order valence-electron chi connectivity index (χ3n) is 4.02. The highest BCUT2D eigenvalue weighted by molar-refractivity contribution is 5.37. The molecule has 1 aliphatic carbocycles. The molecule has 18 heavy (non-hydrogen) atoms. The second-order valence-electron chi connectivity index (χ2n) is 7.56. The van der Waals surface area contributed by atoms with E-state index in [4.69, 9.17) is 0 Å². The van der Waals surface area contributed by atoms with Gasteiger partial charge in [-0.25, -0.2) is 0 Å². The summed E-state index contributed by atoms with van der Waals surface area (Å²) in [7, 11) is 0. The Labute approximate surface area is 112 Å². The normalized spacial score (nSPS) is 21.9. The molecule has 0 saturated carbocycles. The molecule has 100 valence electrons. The predicted molar refractivity (Wildman–Crippen MR) is 78.7 cm³/mol. The van der Waals surface area contributed by atoms with E-state index in [0.29, 0.717) is 16.9 Å². The lowest BCUT2D eigenvalue weighted by atomic mass is 9.85. The summed E-state index contributed by atoms with van der Waals surface area (Å²) in [6.07, 6.45) is 2.41. The molecule has 1 aliphatic rings.